The van der Waals surface area contributed by atoms with Crippen LogP contribution in [0.1, 0.15) is 0 Å². The van der Waals surface area contributed by atoms with Crippen LogP contribution in [0.15, 0.2) is 12.7 Å². The van der Waals surface area contributed by atoms with E-state index in [0.29, 0.717) is 0 Å². The number of rotatable bonds is 3. The molecule has 0 N–H and O–H groups in total. The van der Waals surface area contributed by atoms with E-state index in [1.807, 2.05) is 0 Å². The van der Waals surface area contributed by atoms with Crippen molar-refractivity contribution in [2.24, 2.45) is 0 Å². The fourth-order valence-corrected chi connectivity index (χ4v) is 0.500. The molecule has 0 unspecified atom stereocenters. The molecule has 3 nitrogen and oxygen atoms in total. The molecule has 0 atom stereocenters. The van der Waals surface area contributed by atoms with Crippen molar-refractivity contribution in [1.82, 2.24) is 0 Å². The van der Waals surface area contributed by atoms with Crippen LogP contribution in [0.25, 0.3) is 0 Å². The molecule has 0 aromatic carbocycles. The molecule has 0 fully saturated rings. The molecule has 0 aromatic rings. The van der Waals surface area contributed by atoms with Crippen molar-refractivity contribution in [1.29, 1.82) is 0 Å². The van der Waals surface area contributed by atoms with Crippen molar-refractivity contribution in [3.63, 3.8) is 0 Å². The summed E-state index contributed by atoms with van der Waals surface area (Å²) in [4.78, 5) is 0. The van der Waals surface area contributed by atoms with Crippen molar-refractivity contribution < 1.29 is 25.3 Å². The topological polar surface area (TPSA) is 43.4 Å². The van der Waals surface area contributed by atoms with Crippen LogP contribution in [0.3, 0.4) is 0 Å². The summed E-state index contributed by atoms with van der Waals surface area (Å²) in [7, 11) is -5.62. The first-order valence-electron chi connectivity index (χ1n) is 1.93. The number of hydrogen-bond donors (Lipinski definition) is 0. The van der Waals surface area contributed by atoms with Crippen LogP contribution in [0.2, 0.25) is 0 Å². The zero-order chi connectivity index (χ0) is 8.41. The third-order valence-corrected chi connectivity index (χ3v) is 0.870. The summed E-state index contributed by atoms with van der Waals surface area (Å²) >= 11 is 0. The van der Waals surface area contributed by atoms with E-state index in [1.54, 1.807) is 0 Å². The van der Waals surface area contributed by atoms with Gasteiger partial charge in [0.1, 0.15) is 0 Å². The maximum atomic E-state index is 11.7. The van der Waals surface area contributed by atoms with Crippen LogP contribution < -0.4 is 0 Å². The quantitative estimate of drug-likeness (QED) is 0.475. The molecule has 7 heteroatoms. The Morgan fingerprint density at radius 1 is 1.50 bits per heavy atom. The Kier molecular flexibility index (Phi) is 2.44. The van der Waals surface area contributed by atoms with Crippen LogP contribution in [0.4, 0.5) is 12.7 Å². The van der Waals surface area contributed by atoms with Crippen molar-refractivity contribution in [3.8, 4) is 0 Å². The van der Waals surface area contributed by atoms with Gasteiger partial charge in [-0.2, -0.15) is 21.4 Å². The highest BCUT2D eigenvalue weighted by Crippen LogP contribution is 2.19. The lowest BCUT2D eigenvalue weighted by Gasteiger charge is -2.05. The standard InChI is InChI=1S/C3H3F3O3S/c1-2-3(4,5)9-10(6,7)8/h2H,1H2. The molecular weight excluding hydrogens is 173 g/mol. The van der Waals surface area contributed by atoms with Crippen LogP contribution in [0.5, 0.6) is 0 Å². The molecule has 0 saturated carbocycles. The summed E-state index contributed by atoms with van der Waals surface area (Å²) in [5.74, 6) is 0. The zero-order valence-electron chi connectivity index (χ0n) is 4.55. The predicted molar refractivity (Wildman–Crippen MR) is 26.3 cm³/mol. The fourth-order valence-electron chi connectivity index (χ4n) is 0.167. The summed E-state index contributed by atoms with van der Waals surface area (Å²) in [6, 6.07) is 0. The molecule has 0 bridgehead atoms. The van der Waals surface area contributed by atoms with Crippen LogP contribution in [-0.2, 0) is 14.7 Å². The van der Waals surface area contributed by atoms with Gasteiger partial charge in [0.25, 0.3) is 0 Å². The Morgan fingerprint density at radius 2 is 1.90 bits per heavy atom. The summed E-state index contributed by atoms with van der Waals surface area (Å²) in [5, 5.41) is 0. The van der Waals surface area contributed by atoms with Crippen molar-refractivity contribution >= 4 is 10.5 Å². The smallest absolute Gasteiger partial charge is 0.171 e. The van der Waals surface area contributed by atoms with Crippen LogP contribution >= 0.6 is 0 Å². The Morgan fingerprint density at radius 3 is 2.00 bits per heavy atom. The lowest BCUT2D eigenvalue weighted by Crippen LogP contribution is -2.19. The average Bonchev–Trinajstić information content (AvgIpc) is 1.60. The lowest BCUT2D eigenvalue weighted by molar-refractivity contribution is -0.129. The maximum Gasteiger partial charge on any atom is 0.442 e. The maximum absolute atomic E-state index is 11.7. The zero-order valence-corrected chi connectivity index (χ0v) is 5.37. The molecule has 0 spiro atoms. The highest BCUT2D eigenvalue weighted by Gasteiger charge is 2.32. The molecule has 0 amide bonds. The first-order valence-corrected chi connectivity index (χ1v) is 3.24. The third kappa shape index (κ3) is 4.33. The molecule has 10 heavy (non-hydrogen) atoms. The van der Waals surface area contributed by atoms with Gasteiger partial charge in [-0.15, -0.1) is 0 Å². The second-order valence-electron chi connectivity index (χ2n) is 1.24. The predicted octanol–water partition coefficient (Wildman–Crippen LogP) is 0.996. The lowest BCUT2D eigenvalue weighted by atomic mass is 10.6. The Bertz CT molecular complexity index is 219. The van der Waals surface area contributed by atoms with E-state index < -0.39 is 16.6 Å². The summed E-state index contributed by atoms with van der Waals surface area (Å²) in [6.07, 6.45) is -4.31. The van der Waals surface area contributed by atoms with Crippen molar-refractivity contribution in [2.75, 3.05) is 0 Å². The minimum absolute atomic E-state index is 0.135. The number of halogens is 3. The van der Waals surface area contributed by atoms with Gasteiger partial charge in [-0.05, 0) is 0 Å². The molecule has 0 aromatic heterocycles. The van der Waals surface area contributed by atoms with Gasteiger partial charge in [-0.1, -0.05) is 10.5 Å². The third-order valence-electron chi connectivity index (χ3n) is 0.448. The molecule has 0 aliphatic heterocycles. The molecule has 0 heterocycles. The van der Waals surface area contributed by atoms with Gasteiger partial charge in [0.05, 0.1) is 0 Å². The normalized spacial score (nSPS) is 13.1. The Labute approximate surface area is 55.5 Å². The molecule has 0 saturated heterocycles. The molecule has 60 valence electrons. The molecular formula is C3H3F3O3S. The Hall–Kier alpha value is -0.560. The fraction of sp³-hybridized carbons (Fsp3) is 0.333. The molecule has 0 aliphatic carbocycles. The van der Waals surface area contributed by atoms with Gasteiger partial charge in [0.15, 0.2) is 0 Å². The summed E-state index contributed by atoms with van der Waals surface area (Å²) in [5.41, 5.74) is 0. The number of hydrogen-bond acceptors (Lipinski definition) is 3. The number of alkyl halides is 2. The first kappa shape index (κ1) is 9.44. The second-order valence-corrected chi connectivity index (χ2v) is 2.20. The first-order chi connectivity index (χ1) is 4.27. The Balaban J connectivity index is 4.30. The monoisotopic (exact) mass is 176 g/mol. The van der Waals surface area contributed by atoms with Crippen LogP contribution in [0, 0.1) is 0 Å². The van der Waals surface area contributed by atoms with E-state index in [0.717, 1.165) is 0 Å². The molecule has 0 aliphatic rings. The van der Waals surface area contributed by atoms with Crippen molar-refractivity contribution in [2.45, 2.75) is 6.11 Å². The van der Waals surface area contributed by atoms with Gasteiger partial charge in [-0.3, -0.25) is 0 Å². The SMILES string of the molecule is C=CC(F)(F)OS(=O)(=O)F. The average molecular weight is 176 g/mol. The van der Waals surface area contributed by atoms with E-state index in [1.165, 1.54) is 0 Å². The van der Waals surface area contributed by atoms with E-state index in [9.17, 15) is 21.1 Å². The van der Waals surface area contributed by atoms with E-state index >= 15 is 0 Å². The van der Waals surface area contributed by atoms with Gasteiger partial charge in [0.2, 0.25) is 0 Å². The van der Waals surface area contributed by atoms with Gasteiger partial charge < -0.3 is 0 Å². The van der Waals surface area contributed by atoms with Gasteiger partial charge >= 0.3 is 16.6 Å². The highest BCUT2D eigenvalue weighted by molar-refractivity contribution is 7.81. The second kappa shape index (κ2) is 2.59. The molecule has 0 rings (SSSR count). The van der Waals surface area contributed by atoms with Gasteiger partial charge in [-0.25, -0.2) is 0 Å². The minimum Gasteiger partial charge on any atom is -0.171 e. The summed E-state index contributed by atoms with van der Waals surface area (Å²) < 4.78 is 56.1. The highest BCUT2D eigenvalue weighted by atomic mass is 32.3. The van der Waals surface area contributed by atoms with Gasteiger partial charge in [0, 0.05) is 6.08 Å². The summed E-state index contributed by atoms with van der Waals surface area (Å²) in [6.45, 7) is 2.51. The van der Waals surface area contributed by atoms with E-state index in [-0.39, 0.29) is 6.08 Å². The van der Waals surface area contributed by atoms with Crippen molar-refractivity contribution in [3.05, 3.63) is 12.7 Å². The van der Waals surface area contributed by atoms with E-state index in [4.69, 9.17) is 0 Å². The minimum atomic E-state index is -5.62. The largest absolute Gasteiger partial charge is 0.442 e. The molecule has 0 radical (unpaired) electrons. The van der Waals surface area contributed by atoms with Crippen LogP contribution in [-0.4, -0.2) is 14.5 Å². The van der Waals surface area contributed by atoms with E-state index in [2.05, 4.69) is 10.8 Å².